The van der Waals surface area contributed by atoms with Crippen molar-refractivity contribution in [3.8, 4) is 0 Å². The minimum Gasteiger partial charge on any atom is -0.466 e. The second-order valence-electron chi connectivity index (χ2n) is 6.12. The number of ether oxygens (including phenoxy) is 1. The van der Waals surface area contributed by atoms with Gasteiger partial charge in [0.1, 0.15) is 0 Å². The fourth-order valence-electron chi connectivity index (χ4n) is 1.92. The van der Waals surface area contributed by atoms with Crippen molar-refractivity contribution in [2.45, 2.75) is 57.2 Å². The Morgan fingerprint density at radius 3 is 2.41 bits per heavy atom. The minimum atomic E-state index is -1.16. The van der Waals surface area contributed by atoms with Crippen LogP contribution >= 0.6 is 0 Å². The molecule has 0 saturated heterocycles. The molecule has 3 unspecified atom stereocenters. The molecule has 0 radical (unpaired) electrons. The van der Waals surface area contributed by atoms with Gasteiger partial charge in [0.05, 0.1) is 24.7 Å². The molecule has 0 amide bonds. The molecule has 2 N–H and O–H groups in total. The molecule has 1 rings (SSSR count). The number of esters is 1. The molecule has 100 valence electrons. The molecule has 0 aromatic carbocycles. The van der Waals surface area contributed by atoms with Gasteiger partial charge in [0, 0.05) is 8.07 Å². The zero-order valence-electron chi connectivity index (χ0n) is 11.0. The van der Waals surface area contributed by atoms with Crippen molar-refractivity contribution < 1.29 is 19.7 Å². The van der Waals surface area contributed by atoms with E-state index in [2.05, 4.69) is 19.6 Å². The number of aliphatic hydroxyl groups is 2. The molecule has 3 atom stereocenters. The number of rotatable bonds is 4. The first-order valence-corrected chi connectivity index (χ1v) is 10.0. The number of carbonyl (C=O) groups excluding carboxylic acids is 1. The van der Waals surface area contributed by atoms with Crippen LogP contribution in [0.5, 0.6) is 0 Å². The summed E-state index contributed by atoms with van der Waals surface area (Å²) in [4.78, 5) is 11.7. The van der Waals surface area contributed by atoms with Gasteiger partial charge in [-0.25, -0.2) is 0 Å². The molecule has 4 nitrogen and oxygen atoms in total. The molecular formula is C12H24O4Si. The molecule has 0 aromatic rings. The summed E-state index contributed by atoms with van der Waals surface area (Å²) in [7, 11) is -1.16. The average molecular weight is 260 g/mol. The second-order valence-corrected chi connectivity index (χ2v) is 11.7. The predicted molar refractivity (Wildman–Crippen MR) is 68.5 cm³/mol. The summed E-state index contributed by atoms with van der Waals surface area (Å²) in [5, 5.41) is 18.9. The van der Waals surface area contributed by atoms with E-state index >= 15 is 0 Å². The molecule has 0 aliphatic heterocycles. The summed E-state index contributed by atoms with van der Waals surface area (Å²) in [6, 6.07) is 0.969. The topological polar surface area (TPSA) is 66.8 Å². The maximum atomic E-state index is 11.7. The molecular weight excluding hydrogens is 236 g/mol. The predicted octanol–water partition coefficient (Wildman–Crippen LogP) is 1.39. The summed E-state index contributed by atoms with van der Waals surface area (Å²) in [6.07, 6.45) is -0.0364. The van der Waals surface area contributed by atoms with Crippen LogP contribution < -0.4 is 0 Å². The number of hydrogen-bond donors (Lipinski definition) is 2. The Hall–Kier alpha value is -0.393. The average Bonchev–Trinajstić information content (AvgIpc) is 2.20. The van der Waals surface area contributed by atoms with E-state index in [9.17, 15) is 15.0 Å². The summed E-state index contributed by atoms with van der Waals surface area (Å²) in [6.45, 7) is 7.20. The van der Waals surface area contributed by atoms with Gasteiger partial charge in [-0.2, -0.15) is 0 Å². The van der Waals surface area contributed by atoms with Crippen LogP contribution in [0.4, 0.5) is 0 Å². The molecule has 17 heavy (non-hydrogen) atoms. The van der Waals surface area contributed by atoms with E-state index in [-0.39, 0.29) is 11.9 Å². The summed E-state index contributed by atoms with van der Waals surface area (Å²) in [5.74, 6) is -0.454. The fraction of sp³-hybridized carbons (Fsp3) is 0.917. The third-order valence-electron chi connectivity index (χ3n) is 3.21. The highest BCUT2D eigenvalue weighted by Gasteiger charge is 2.32. The molecule has 1 aliphatic carbocycles. The Labute approximate surface area is 104 Å². The van der Waals surface area contributed by atoms with Crippen molar-refractivity contribution in [2.24, 2.45) is 5.92 Å². The fourth-order valence-corrected chi connectivity index (χ4v) is 2.63. The summed E-state index contributed by atoms with van der Waals surface area (Å²) < 4.78 is 5.24. The molecule has 0 aromatic heterocycles. The molecule has 0 heterocycles. The van der Waals surface area contributed by atoms with Crippen molar-refractivity contribution in [1.29, 1.82) is 0 Å². The molecule has 0 spiro atoms. The molecule has 5 heteroatoms. The third-order valence-corrected chi connectivity index (χ3v) is 4.91. The van der Waals surface area contributed by atoms with Crippen LogP contribution in [0, 0.1) is 5.92 Å². The Balaban J connectivity index is 2.29. The van der Waals surface area contributed by atoms with E-state index in [1.807, 2.05) is 0 Å². The van der Waals surface area contributed by atoms with Crippen LogP contribution in [-0.4, -0.2) is 43.1 Å². The van der Waals surface area contributed by atoms with Crippen LogP contribution in [0.15, 0.2) is 0 Å². The Morgan fingerprint density at radius 1 is 1.24 bits per heavy atom. The van der Waals surface area contributed by atoms with E-state index < -0.39 is 20.3 Å². The lowest BCUT2D eigenvalue weighted by molar-refractivity contribution is -0.152. The van der Waals surface area contributed by atoms with Crippen molar-refractivity contribution in [2.75, 3.05) is 6.61 Å². The van der Waals surface area contributed by atoms with Crippen molar-refractivity contribution in [3.05, 3.63) is 0 Å². The zero-order valence-corrected chi connectivity index (χ0v) is 12.0. The van der Waals surface area contributed by atoms with E-state index in [4.69, 9.17) is 4.74 Å². The highest BCUT2D eigenvalue weighted by Crippen LogP contribution is 2.26. The van der Waals surface area contributed by atoms with E-state index in [1.165, 1.54) is 0 Å². The summed E-state index contributed by atoms with van der Waals surface area (Å²) >= 11 is 0. The van der Waals surface area contributed by atoms with Crippen molar-refractivity contribution in [3.63, 3.8) is 0 Å². The van der Waals surface area contributed by atoms with Gasteiger partial charge in [-0.3, -0.25) is 4.79 Å². The molecule has 1 fully saturated rings. The summed E-state index contributed by atoms with van der Waals surface area (Å²) in [5.41, 5.74) is 0. The maximum absolute atomic E-state index is 11.7. The highest BCUT2D eigenvalue weighted by atomic mass is 28.3. The standard InChI is InChI=1S/C12H24O4Si/c1-17(2,3)7-6-16-12(15)9-4-5-10(13)11(14)8-9/h9-11,13-14H,4-8H2,1-3H3. The number of carbonyl (C=O) groups is 1. The van der Waals surface area contributed by atoms with Gasteiger partial charge in [0.25, 0.3) is 0 Å². The molecule has 0 bridgehead atoms. The lowest BCUT2D eigenvalue weighted by Gasteiger charge is -2.28. The Kier molecular flexibility index (Phi) is 5.16. The van der Waals surface area contributed by atoms with Crippen LogP contribution in [0.2, 0.25) is 25.7 Å². The van der Waals surface area contributed by atoms with E-state index in [1.54, 1.807) is 0 Å². The SMILES string of the molecule is C[Si](C)(C)CCOC(=O)C1CCC(O)C(O)C1. The number of aliphatic hydroxyl groups excluding tert-OH is 2. The van der Waals surface area contributed by atoms with Crippen molar-refractivity contribution >= 4 is 14.0 Å². The van der Waals surface area contributed by atoms with Gasteiger partial charge >= 0.3 is 5.97 Å². The molecule has 1 saturated carbocycles. The van der Waals surface area contributed by atoms with E-state index in [0.717, 1.165) is 6.04 Å². The van der Waals surface area contributed by atoms with Gasteiger partial charge in [0.2, 0.25) is 0 Å². The van der Waals surface area contributed by atoms with Gasteiger partial charge in [-0.15, -0.1) is 0 Å². The first-order valence-electron chi connectivity index (χ1n) is 6.32. The quantitative estimate of drug-likeness (QED) is 0.592. The number of hydrogen-bond acceptors (Lipinski definition) is 4. The van der Waals surface area contributed by atoms with Gasteiger partial charge in [-0.05, 0) is 25.3 Å². The maximum Gasteiger partial charge on any atom is 0.309 e. The third kappa shape index (κ3) is 5.19. The molecule has 1 aliphatic rings. The zero-order chi connectivity index (χ0) is 13.1. The lowest BCUT2D eigenvalue weighted by Crippen LogP contribution is -2.37. The first kappa shape index (κ1) is 14.7. The van der Waals surface area contributed by atoms with Gasteiger partial charge in [0.15, 0.2) is 0 Å². The van der Waals surface area contributed by atoms with Gasteiger partial charge in [-0.1, -0.05) is 19.6 Å². The van der Waals surface area contributed by atoms with Crippen LogP contribution in [0.3, 0.4) is 0 Å². The van der Waals surface area contributed by atoms with Gasteiger partial charge < -0.3 is 14.9 Å². The Bertz CT molecular complexity index is 262. The monoisotopic (exact) mass is 260 g/mol. The largest absolute Gasteiger partial charge is 0.466 e. The van der Waals surface area contributed by atoms with E-state index in [0.29, 0.717) is 25.9 Å². The lowest BCUT2D eigenvalue weighted by atomic mass is 9.85. The minimum absolute atomic E-state index is 0.214. The van der Waals surface area contributed by atoms with Crippen molar-refractivity contribution in [1.82, 2.24) is 0 Å². The van der Waals surface area contributed by atoms with Crippen LogP contribution in [0.25, 0.3) is 0 Å². The second kappa shape index (κ2) is 5.98. The normalized spacial score (nSPS) is 30.1. The Morgan fingerprint density at radius 2 is 1.88 bits per heavy atom. The smallest absolute Gasteiger partial charge is 0.309 e. The van der Waals surface area contributed by atoms with Crippen LogP contribution in [0.1, 0.15) is 19.3 Å². The first-order chi connectivity index (χ1) is 7.79. The highest BCUT2D eigenvalue weighted by molar-refractivity contribution is 6.76. The van der Waals surface area contributed by atoms with Crippen LogP contribution in [-0.2, 0) is 9.53 Å².